The topological polar surface area (TPSA) is 53.6 Å². The molecule has 2 rings (SSSR count). The number of hydrogen-bond acceptors (Lipinski definition) is 4. The second kappa shape index (κ2) is 6.96. The molecule has 1 amide bonds. The summed E-state index contributed by atoms with van der Waals surface area (Å²) in [5.41, 5.74) is 5.68. The third-order valence-corrected chi connectivity index (χ3v) is 3.47. The molecule has 0 bridgehead atoms. The van der Waals surface area contributed by atoms with Crippen LogP contribution in [-0.2, 0) is 4.74 Å². The van der Waals surface area contributed by atoms with Crippen molar-refractivity contribution in [3.05, 3.63) is 30.1 Å². The molecule has 1 aliphatic heterocycles. The number of nitrogens with zero attached hydrogens (tertiary/aromatic N) is 1. The standard InChI is InChI=1S/C16H24FN3O2/c1-16(2,3)22-15(21)19-18-12-8-10-20(11-9-12)14-7-5-4-6-13(14)17/h4-7,12,18H,8-11H2,1-3H3,(H,19,21). The average Bonchev–Trinajstić information content (AvgIpc) is 2.45. The van der Waals surface area contributed by atoms with Crippen LogP contribution in [0, 0.1) is 5.82 Å². The highest BCUT2D eigenvalue weighted by Crippen LogP contribution is 2.22. The molecule has 0 unspecified atom stereocenters. The number of nitrogens with one attached hydrogen (secondary N) is 2. The zero-order chi connectivity index (χ0) is 16.2. The van der Waals surface area contributed by atoms with E-state index in [2.05, 4.69) is 10.9 Å². The Labute approximate surface area is 130 Å². The van der Waals surface area contributed by atoms with Crippen LogP contribution >= 0.6 is 0 Å². The zero-order valence-corrected chi connectivity index (χ0v) is 13.4. The Bertz CT molecular complexity index is 508. The number of piperidine rings is 1. The first kappa shape index (κ1) is 16.5. The summed E-state index contributed by atoms with van der Waals surface area (Å²) in [5, 5.41) is 0. The third-order valence-electron chi connectivity index (χ3n) is 3.47. The molecule has 5 nitrogen and oxygen atoms in total. The highest BCUT2D eigenvalue weighted by Gasteiger charge is 2.22. The molecule has 22 heavy (non-hydrogen) atoms. The van der Waals surface area contributed by atoms with Crippen LogP contribution in [0.5, 0.6) is 0 Å². The SMILES string of the molecule is CC(C)(C)OC(=O)NNC1CCN(c2ccccc2F)CC1. The van der Waals surface area contributed by atoms with Crippen LogP contribution in [0.1, 0.15) is 33.6 Å². The van der Waals surface area contributed by atoms with Gasteiger partial charge in [0.1, 0.15) is 11.4 Å². The van der Waals surface area contributed by atoms with Crippen LogP contribution in [0.4, 0.5) is 14.9 Å². The fraction of sp³-hybridized carbons (Fsp3) is 0.562. The first-order valence-corrected chi connectivity index (χ1v) is 7.59. The van der Waals surface area contributed by atoms with Gasteiger partial charge in [-0.1, -0.05) is 12.1 Å². The molecule has 0 radical (unpaired) electrons. The number of para-hydroxylation sites is 1. The molecular weight excluding hydrogens is 285 g/mol. The van der Waals surface area contributed by atoms with Crippen molar-refractivity contribution in [2.24, 2.45) is 0 Å². The summed E-state index contributed by atoms with van der Waals surface area (Å²) in [6.45, 7) is 6.95. The van der Waals surface area contributed by atoms with E-state index in [1.807, 2.05) is 31.7 Å². The predicted octanol–water partition coefficient (Wildman–Crippen LogP) is 2.82. The molecule has 1 aromatic rings. The number of carbonyl (C=O) groups is 1. The van der Waals surface area contributed by atoms with Crippen molar-refractivity contribution in [3.63, 3.8) is 0 Å². The number of benzene rings is 1. The van der Waals surface area contributed by atoms with Gasteiger partial charge >= 0.3 is 6.09 Å². The van der Waals surface area contributed by atoms with Gasteiger partial charge < -0.3 is 9.64 Å². The lowest BCUT2D eigenvalue weighted by molar-refractivity contribution is 0.0484. The second-order valence-corrected chi connectivity index (χ2v) is 6.48. The maximum absolute atomic E-state index is 13.8. The Morgan fingerprint density at radius 1 is 1.27 bits per heavy atom. The third kappa shape index (κ3) is 4.87. The van der Waals surface area contributed by atoms with Gasteiger partial charge in [0.25, 0.3) is 0 Å². The number of hydrogen-bond donors (Lipinski definition) is 2. The van der Waals surface area contributed by atoms with Crippen molar-refractivity contribution < 1.29 is 13.9 Å². The van der Waals surface area contributed by atoms with Gasteiger partial charge in [0, 0.05) is 19.1 Å². The summed E-state index contributed by atoms with van der Waals surface area (Å²) in [6.07, 6.45) is 1.16. The Hall–Kier alpha value is -1.82. The Morgan fingerprint density at radius 2 is 1.91 bits per heavy atom. The quantitative estimate of drug-likeness (QED) is 0.843. The summed E-state index contributed by atoms with van der Waals surface area (Å²) in [4.78, 5) is 13.6. The molecule has 0 aliphatic carbocycles. The lowest BCUT2D eigenvalue weighted by Crippen LogP contribution is -2.50. The summed E-state index contributed by atoms with van der Waals surface area (Å²) < 4.78 is 18.9. The maximum atomic E-state index is 13.8. The molecule has 0 saturated carbocycles. The number of amides is 1. The van der Waals surface area contributed by atoms with E-state index in [1.165, 1.54) is 6.07 Å². The Morgan fingerprint density at radius 3 is 2.50 bits per heavy atom. The minimum atomic E-state index is -0.514. The van der Waals surface area contributed by atoms with E-state index in [-0.39, 0.29) is 11.9 Å². The molecule has 1 aromatic carbocycles. The summed E-state index contributed by atoms with van der Waals surface area (Å²) in [5.74, 6) is -0.194. The largest absolute Gasteiger partial charge is 0.443 e. The van der Waals surface area contributed by atoms with E-state index >= 15 is 0 Å². The second-order valence-electron chi connectivity index (χ2n) is 6.48. The molecule has 122 valence electrons. The monoisotopic (exact) mass is 309 g/mol. The summed E-state index contributed by atoms with van der Waals surface area (Å²) in [6, 6.07) is 6.96. The van der Waals surface area contributed by atoms with Crippen LogP contribution < -0.4 is 15.8 Å². The summed E-state index contributed by atoms with van der Waals surface area (Å²) >= 11 is 0. The van der Waals surface area contributed by atoms with E-state index in [4.69, 9.17) is 4.74 Å². The van der Waals surface area contributed by atoms with Gasteiger partial charge in [-0.15, -0.1) is 0 Å². The molecule has 0 spiro atoms. The lowest BCUT2D eigenvalue weighted by Gasteiger charge is -2.34. The maximum Gasteiger partial charge on any atom is 0.422 e. The molecule has 6 heteroatoms. The van der Waals surface area contributed by atoms with Gasteiger partial charge in [-0.2, -0.15) is 0 Å². The van der Waals surface area contributed by atoms with Gasteiger partial charge in [0.05, 0.1) is 5.69 Å². The van der Waals surface area contributed by atoms with Crippen molar-refractivity contribution in [2.75, 3.05) is 18.0 Å². The van der Waals surface area contributed by atoms with Crippen molar-refractivity contribution in [2.45, 2.75) is 45.3 Å². The molecule has 1 heterocycles. The van der Waals surface area contributed by atoms with E-state index in [9.17, 15) is 9.18 Å². The van der Waals surface area contributed by atoms with Gasteiger partial charge in [0.15, 0.2) is 0 Å². The van der Waals surface area contributed by atoms with Crippen molar-refractivity contribution in [1.82, 2.24) is 10.9 Å². The number of rotatable bonds is 3. The fourth-order valence-electron chi connectivity index (χ4n) is 2.44. The van der Waals surface area contributed by atoms with Crippen LogP contribution in [-0.4, -0.2) is 30.8 Å². The Kier molecular flexibility index (Phi) is 5.24. The van der Waals surface area contributed by atoms with Crippen molar-refractivity contribution in [1.29, 1.82) is 0 Å². The van der Waals surface area contributed by atoms with Gasteiger partial charge in [-0.25, -0.2) is 14.6 Å². The molecule has 1 aliphatic rings. The van der Waals surface area contributed by atoms with E-state index in [1.54, 1.807) is 12.1 Å². The number of carbonyl (C=O) groups excluding carboxylic acids is 1. The smallest absolute Gasteiger partial charge is 0.422 e. The molecule has 0 aromatic heterocycles. The summed E-state index contributed by atoms with van der Waals surface area (Å²) in [7, 11) is 0. The van der Waals surface area contributed by atoms with Gasteiger partial charge in [-0.05, 0) is 45.7 Å². The van der Waals surface area contributed by atoms with Crippen molar-refractivity contribution >= 4 is 11.8 Å². The fourth-order valence-corrected chi connectivity index (χ4v) is 2.44. The molecular formula is C16H24FN3O2. The molecule has 2 N–H and O–H groups in total. The van der Waals surface area contributed by atoms with E-state index < -0.39 is 11.7 Å². The molecule has 1 fully saturated rings. The predicted molar refractivity (Wildman–Crippen MR) is 84.1 cm³/mol. The van der Waals surface area contributed by atoms with E-state index in [0.717, 1.165) is 25.9 Å². The minimum absolute atomic E-state index is 0.163. The zero-order valence-electron chi connectivity index (χ0n) is 13.4. The number of anilines is 1. The van der Waals surface area contributed by atoms with Crippen LogP contribution in [0.3, 0.4) is 0 Å². The lowest BCUT2D eigenvalue weighted by atomic mass is 10.1. The van der Waals surface area contributed by atoms with Crippen LogP contribution in [0.2, 0.25) is 0 Å². The molecule has 1 saturated heterocycles. The first-order chi connectivity index (χ1) is 10.3. The van der Waals surface area contributed by atoms with Gasteiger partial charge in [-0.3, -0.25) is 5.43 Å². The minimum Gasteiger partial charge on any atom is -0.443 e. The normalized spacial score (nSPS) is 16.5. The van der Waals surface area contributed by atoms with Gasteiger partial charge in [0.2, 0.25) is 0 Å². The number of ether oxygens (including phenoxy) is 1. The highest BCUT2D eigenvalue weighted by molar-refractivity contribution is 5.67. The number of halogens is 1. The molecule has 0 atom stereocenters. The highest BCUT2D eigenvalue weighted by atomic mass is 19.1. The van der Waals surface area contributed by atoms with Crippen molar-refractivity contribution in [3.8, 4) is 0 Å². The van der Waals surface area contributed by atoms with E-state index in [0.29, 0.717) is 5.69 Å². The van der Waals surface area contributed by atoms with Crippen LogP contribution in [0.25, 0.3) is 0 Å². The average molecular weight is 309 g/mol. The van der Waals surface area contributed by atoms with Crippen LogP contribution in [0.15, 0.2) is 24.3 Å². The Balaban J connectivity index is 1.76. The number of hydrazine groups is 1. The first-order valence-electron chi connectivity index (χ1n) is 7.59.